The van der Waals surface area contributed by atoms with E-state index in [2.05, 4.69) is 33.8 Å². The van der Waals surface area contributed by atoms with Crippen molar-refractivity contribution in [1.82, 2.24) is 0 Å². The standard InChI is InChI=1S/C64H108O32/c1-24(6-7-25(2)30-10-11-31-29-9-8-27-16-28(12-14-63(27,4)32(29)13-15-64(30,31)5)87-58-49(80)43(74)39(70)33(17-65)88-58)26(3)22-85-62-56(96-61-53(84)48(79)55(37(21-69)92-61)95-60-51(82)45(76)41(72)35(19-67)90-60)46(77)42(73)38(93-62)23-86-57-52(83)47(78)54(36(20-68)91-57)94-59-50(81)44(75)40(71)34(18-66)89-59/h8,24-26,28-62,65-84H,6-7,9-23H2,1-5H3/t24-,25-,26-,28+,29+,30-,31+,32+,33-,34-,35-,36-,37-,38-,39-,40-,41-,42-,43+,44+,45+,46+,47-,48-,49-,50-,51-,52-,53-,54-,55-,56-,57-,58-,59+,60+,61+,62-,63+,64-/m1/s1. The third-order valence-corrected chi connectivity index (χ3v) is 23.8. The van der Waals surface area contributed by atoms with Gasteiger partial charge in [0.15, 0.2) is 37.7 Å². The number of hydrogen-bond donors (Lipinski definition) is 20. The predicted octanol–water partition coefficient (Wildman–Crippen LogP) is -6.45. The van der Waals surface area contributed by atoms with Gasteiger partial charge in [-0.15, -0.1) is 0 Å². The number of aliphatic hydroxyl groups is 20. The van der Waals surface area contributed by atoms with Crippen molar-refractivity contribution < 1.29 is 159 Å². The zero-order valence-corrected chi connectivity index (χ0v) is 54.9. The van der Waals surface area contributed by atoms with Crippen LogP contribution in [0.4, 0.5) is 0 Å². The van der Waals surface area contributed by atoms with Gasteiger partial charge in [0, 0.05) is 0 Å². The van der Waals surface area contributed by atoms with Crippen LogP contribution in [-0.4, -0.2) is 339 Å². The van der Waals surface area contributed by atoms with Crippen molar-refractivity contribution in [3.8, 4) is 0 Å². The highest BCUT2D eigenvalue weighted by Crippen LogP contribution is 2.67. The average molecular weight is 1390 g/mol. The van der Waals surface area contributed by atoms with Gasteiger partial charge in [0.25, 0.3) is 0 Å². The molecule has 6 heterocycles. The Bertz CT molecular complexity index is 2470. The molecule has 0 bridgehead atoms. The molecule has 96 heavy (non-hydrogen) atoms. The van der Waals surface area contributed by atoms with E-state index in [1.807, 2.05) is 6.92 Å². The number of fused-ring (bicyclic) bond motifs is 5. The van der Waals surface area contributed by atoms with Crippen LogP contribution in [0.3, 0.4) is 0 Å². The molecule has 0 aromatic heterocycles. The second kappa shape index (κ2) is 32.2. The molecule has 6 aliphatic heterocycles. The smallest absolute Gasteiger partial charge is 0.187 e. The lowest BCUT2D eigenvalue weighted by molar-refractivity contribution is -0.388. The van der Waals surface area contributed by atoms with Crippen LogP contribution in [0.15, 0.2) is 11.6 Å². The quantitative estimate of drug-likeness (QED) is 0.0400. The van der Waals surface area contributed by atoms with E-state index >= 15 is 0 Å². The molecule has 9 fully saturated rings. The summed E-state index contributed by atoms with van der Waals surface area (Å²) in [6.07, 6.45) is -39.8. The Labute approximate surface area is 556 Å². The van der Waals surface area contributed by atoms with Crippen molar-refractivity contribution in [2.24, 2.45) is 52.3 Å². The number of hydrogen-bond acceptors (Lipinski definition) is 32. The number of aliphatic hydroxyl groups excluding tert-OH is 20. The van der Waals surface area contributed by atoms with Gasteiger partial charge in [-0.05, 0) is 104 Å². The summed E-state index contributed by atoms with van der Waals surface area (Å²) in [5.41, 5.74) is 1.45. The predicted molar refractivity (Wildman–Crippen MR) is 321 cm³/mol. The minimum absolute atomic E-state index is 0.0212. The Hall–Kier alpha value is -1.54. The summed E-state index contributed by atoms with van der Waals surface area (Å²) in [5, 5.41) is 213. The highest BCUT2D eigenvalue weighted by molar-refractivity contribution is 5.26. The molecule has 0 aromatic carbocycles. The van der Waals surface area contributed by atoms with Gasteiger partial charge in [-0.3, -0.25) is 0 Å². The fraction of sp³-hybridized carbons (Fsp3) is 0.969. The summed E-state index contributed by atoms with van der Waals surface area (Å²) in [7, 11) is 0. The van der Waals surface area contributed by atoms with E-state index in [4.69, 9.17) is 56.8 Å². The lowest BCUT2D eigenvalue weighted by Gasteiger charge is -2.58. The Balaban J connectivity index is 0.777. The molecule has 32 nitrogen and oxygen atoms in total. The first kappa shape index (κ1) is 77.1. The first-order valence-corrected chi connectivity index (χ1v) is 34.3. The summed E-state index contributed by atoms with van der Waals surface area (Å²) in [4.78, 5) is 0. The molecule has 10 rings (SSSR count). The Morgan fingerprint density at radius 3 is 1.38 bits per heavy atom. The zero-order chi connectivity index (χ0) is 69.7. The summed E-state index contributed by atoms with van der Waals surface area (Å²) < 4.78 is 70.5. The van der Waals surface area contributed by atoms with Crippen molar-refractivity contribution in [3.05, 3.63) is 11.6 Å². The van der Waals surface area contributed by atoms with E-state index in [1.165, 1.54) is 5.57 Å². The molecule has 0 aromatic rings. The average Bonchev–Trinajstić information content (AvgIpc) is 1.36. The molecule has 0 amide bonds. The molecule has 0 spiro atoms. The van der Waals surface area contributed by atoms with Gasteiger partial charge in [0.2, 0.25) is 0 Å². The summed E-state index contributed by atoms with van der Waals surface area (Å²) in [6, 6.07) is 0. The van der Waals surface area contributed by atoms with Crippen molar-refractivity contribution >= 4 is 0 Å². The van der Waals surface area contributed by atoms with Gasteiger partial charge in [-0.2, -0.15) is 0 Å². The van der Waals surface area contributed by atoms with Gasteiger partial charge >= 0.3 is 0 Å². The molecule has 556 valence electrons. The molecule has 20 N–H and O–H groups in total. The molecule has 0 radical (unpaired) electrons. The van der Waals surface area contributed by atoms with E-state index in [0.717, 1.165) is 57.8 Å². The molecule has 40 atom stereocenters. The normalized spacial score (nSPS) is 51.8. The minimum atomic E-state index is -2.08. The highest BCUT2D eigenvalue weighted by atomic mass is 16.8. The fourth-order valence-electron chi connectivity index (χ4n) is 17.5. The number of allylic oxidation sites excluding steroid dienone is 1. The Kier molecular flexibility index (Phi) is 25.9. The van der Waals surface area contributed by atoms with E-state index in [9.17, 15) is 102 Å². The van der Waals surface area contributed by atoms with Crippen molar-refractivity contribution in [2.75, 3.05) is 46.2 Å². The Morgan fingerprint density at radius 2 is 0.854 bits per heavy atom. The van der Waals surface area contributed by atoms with E-state index < -0.39 is 224 Å². The van der Waals surface area contributed by atoms with Crippen LogP contribution < -0.4 is 0 Å². The molecule has 32 heteroatoms. The first-order chi connectivity index (χ1) is 45.5. The van der Waals surface area contributed by atoms with Crippen LogP contribution in [0.1, 0.15) is 98.8 Å². The summed E-state index contributed by atoms with van der Waals surface area (Å²) >= 11 is 0. The van der Waals surface area contributed by atoms with Gasteiger partial charge in [0.05, 0.1) is 52.4 Å². The van der Waals surface area contributed by atoms with E-state index in [1.54, 1.807) is 0 Å². The lowest BCUT2D eigenvalue weighted by Crippen LogP contribution is -2.67. The minimum Gasteiger partial charge on any atom is -0.394 e. The van der Waals surface area contributed by atoms with Crippen LogP contribution in [0.2, 0.25) is 0 Å². The largest absolute Gasteiger partial charge is 0.394 e. The SMILES string of the molecule is C[C@H](CC[C@@H](C)[C@H]1CC[C@H]2[C@@H]3CC=C4C[C@@H](O[C@@H]5O[C@H](CO)[C@@H](O)[C@H](O)[C@H]5O)CC[C@]4(C)[C@H]3CC[C@]12C)[C@H](C)CO[C@@H]1O[C@H](CO[C@@H]2O[C@H](CO)[C@@H](O[C@@H]3O[C@H](CO)[C@@H](O)[C@H](O)[C@H]3O)[C@H](O)[C@H]2O)[C@@H](O)[C@H](O)[C@H]1O[C@@H]1O[C@H](CO)[C@@H](O[C@@H]2O[C@H](CO)[C@@H](O)[C@H](O)[C@H]2O)[C@H](O)[C@H]1O. The van der Waals surface area contributed by atoms with Gasteiger partial charge in [0.1, 0.15) is 146 Å². The van der Waals surface area contributed by atoms with Crippen molar-refractivity contribution in [3.63, 3.8) is 0 Å². The fourth-order valence-corrected chi connectivity index (χ4v) is 17.5. The van der Waals surface area contributed by atoms with Gasteiger partial charge < -0.3 is 159 Å². The maximum absolute atomic E-state index is 12.0. The molecule has 3 saturated carbocycles. The van der Waals surface area contributed by atoms with E-state index in [-0.39, 0.29) is 35.4 Å². The van der Waals surface area contributed by atoms with E-state index in [0.29, 0.717) is 36.0 Å². The Morgan fingerprint density at radius 1 is 0.417 bits per heavy atom. The monoisotopic (exact) mass is 1390 g/mol. The van der Waals surface area contributed by atoms with Crippen molar-refractivity contribution in [1.29, 1.82) is 0 Å². The molecule has 10 aliphatic rings. The van der Waals surface area contributed by atoms with Crippen LogP contribution in [0, 0.1) is 52.3 Å². The third-order valence-electron chi connectivity index (χ3n) is 23.8. The maximum Gasteiger partial charge on any atom is 0.187 e. The van der Waals surface area contributed by atoms with Gasteiger partial charge in [-0.1, -0.05) is 59.1 Å². The molecule has 6 saturated heterocycles. The lowest BCUT2D eigenvalue weighted by atomic mass is 9.47. The maximum atomic E-state index is 12.0. The first-order valence-electron chi connectivity index (χ1n) is 34.3. The van der Waals surface area contributed by atoms with Crippen LogP contribution in [0.25, 0.3) is 0 Å². The molecular weight excluding hydrogens is 1280 g/mol. The number of ether oxygens (including phenoxy) is 12. The molecule has 0 unspecified atom stereocenters. The van der Waals surface area contributed by atoms with Crippen LogP contribution in [0.5, 0.6) is 0 Å². The molecular formula is C64H108O32. The van der Waals surface area contributed by atoms with Crippen LogP contribution in [-0.2, 0) is 56.8 Å². The number of rotatable bonds is 24. The second-order valence-corrected chi connectivity index (χ2v) is 29.5. The summed E-state index contributed by atoms with van der Waals surface area (Å²) in [5.74, 6) is 2.24. The van der Waals surface area contributed by atoms with Gasteiger partial charge in [-0.25, -0.2) is 0 Å². The van der Waals surface area contributed by atoms with Crippen molar-refractivity contribution in [2.45, 2.75) is 289 Å². The van der Waals surface area contributed by atoms with Crippen LogP contribution >= 0.6 is 0 Å². The summed E-state index contributed by atoms with van der Waals surface area (Å²) in [6.45, 7) is 6.58. The third kappa shape index (κ3) is 15.2. The topological polar surface area (TPSA) is 515 Å². The highest BCUT2D eigenvalue weighted by Gasteiger charge is 2.61. The second-order valence-electron chi connectivity index (χ2n) is 29.5. The molecule has 4 aliphatic carbocycles. The zero-order valence-electron chi connectivity index (χ0n) is 54.9.